The Hall–Kier alpha value is -2.18. The third-order valence-corrected chi connectivity index (χ3v) is 4.91. The second-order valence-corrected chi connectivity index (χ2v) is 7.70. The van der Waals surface area contributed by atoms with Crippen LogP contribution in [0.3, 0.4) is 0 Å². The molecular formula is C21H33ClF4N6O2. The molecule has 0 bridgehead atoms. The quantitative estimate of drug-likeness (QED) is 0.476. The van der Waals surface area contributed by atoms with E-state index in [1.54, 1.807) is 37.2 Å². The maximum absolute atomic E-state index is 12.6. The maximum atomic E-state index is 12.6. The number of ether oxygens (including phenoxy) is 1. The van der Waals surface area contributed by atoms with Crippen molar-refractivity contribution in [1.29, 1.82) is 0 Å². The van der Waals surface area contributed by atoms with Crippen LogP contribution in [0.15, 0.2) is 18.5 Å². The predicted molar refractivity (Wildman–Crippen MR) is 122 cm³/mol. The molecule has 34 heavy (non-hydrogen) atoms. The van der Waals surface area contributed by atoms with Crippen molar-refractivity contribution < 1.29 is 27.1 Å². The van der Waals surface area contributed by atoms with Crippen molar-refractivity contribution in [3.63, 3.8) is 0 Å². The molecule has 1 saturated carbocycles. The molecule has 194 valence electrons. The zero-order chi connectivity index (χ0) is 25.7. The van der Waals surface area contributed by atoms with Crippen LogP contribution in [0.2, 0.25) is 0 Å². The van der Waals surface area contributed by atoms with E-state index >= 15 is 0 Å². The fraction of sp³-hybridized carbons (Fsp3) is 0.667. The molecule has 0 radical (unpaired) electrons. The number of methoxy groups -OCH3 is 1. The summed E-state index contributed by atoms with van der Waals surface area (Å²) in [5.74, 6) is -2.32. The summed E-state index contributed by atoms with van der Waals surface area (Å²) in [7, 11) is 3.25. The van der Waals surface area contributed by atoms with Gasteiger partial charge in [-0.25, -0.2) is 31.9 Å². The minimum atomic E-state index is -2.57. The van der Waals surface area contributed by atoms with Crippen LogP contribution >= 0.6 is 11.6 Å². The summed E-state index contributed by atoms with van der Waals surface area (Å²) < 4.78 is 55.4. The van der Waals surface area contributed by atoms with Crippen molar-refractivity contribution in [3.8, 4) is 0 Å². The molecule has 3 N–H and O–H groups in total. The second kappa shape index (κ2) is 14.9. The van der Waals surface area contributed by atoms with E-state index in [4.69, 9.17) is 5.73 Å². The number of nitrogens with zero attached hydrogens (tertiary/aromatic N) is 4. The van der Waals surface area contributed by atoms with E-state index in [1.165, 1.54) is 11.3 Å². The van der Waals surface area contributed by atoms with Gasteiger partial charge in [0.1, 0.15) is 6.04 Å². The Bertz CT molecular complexity index is 863. The molecule has 0 spiro atoms. The molecule has 2 fully saturated rings. The van der Waals surface area contributed by atoms with Crippen molar-refractivity contribution in [1.82, 2.24) is 24.8 Å². The van der Waals surface area contributed by atoms with Gasteiger partial charge in [-0.15, -0.1) is 11.6 Å². The highest BCUT2D eigenvalue weighted by molar-refractivity contribution is 6.15. The molecule has 1 atom stereocenters. The zero-order valence-corrected chi connectivity index (χ0v) is 20.4. The Morgan fingerprint density at radius 3 is 2.35 bits per heavy atom. The molecule has 4 rings (SSSR count). The largest absolute Gasteiger partial charge is 0.388 e. The summed E-state index contributed by atoms with van der Waals surface area (Å²) >= 11 is 4.64. The summed E-state index contributed by atoms with van der Waals surface area (Å²) in [6.07, 6.45) is 4.86. The molecule has 2 amide bonds. The number of halogens is 5. The first-order valence-electron chi connectivity index (χ1n) is 10.7. The number of carbonyl (C=O) groups excluding carboxylic acids is 1. The number of nitrogens with two attached hydrogens (primary N) is 1. The number of hydrogen-bond donors (Lipinski definition) is 2. The monoisotopic (exact) mass is 512 g/mol. The van der Waals surface area contributed by atoms with Gasteiger partial charge in [0.15, 0.2) is 5.65 Å². The summed E-state index contributed by atoms with van der Waals surface area (Å²) in [4.78, 5) is 17.2. The van der Waals surface area contributed by atoms with Gasteiger partial charge in [-0.1, -0.05) is 6.42 Å². The smallest absolute Gasteiger partial charge is 0.318 e. The number of amides is 2. The van der Waals surface area contributed by atoms with Gasteiger partial charge >= 0.3 is 6.03 Å². The van der Waals surface area contributed by atoms with E-state index in [1.807, 2.05) is 0 Å². The molecule has 1 saturated heterocycles. The first kappa shape index (κ1) is 29.9. The van der Waals surface area contributed by atoms with E-state index in [-0.39, 0.29) is 25.9 Å². The van der Waals surface area contributed by atoms with Gasteiger partial charge in [-0.3, -0.25) is 0 Å². The van der Waals surface area contributed by atoms with Crippen molar-refractivity contribution in [2.75, 3.05) is 27.1 Å². The van der Waals surface area contributed by atoms with Gasteiger partial charge in [0, 0.05) is 53.1 Å². The molecule has 2 aromatic heterocycles. The van der Waals surface area contributed by atoms with Crippen LogP contribution in [0.1, 0.15) is 43.4 Å². The fourth-order valence-electron chi connectivity index (χ4n) is 3.33. The number of aromatic nitrogens is 3. The molecule has 2 aliphatic rings. The highest BCUT2D eigenvalue weighted by atomic mass is 35.5. The van der Waals surface area contributed by atoms with Gasteiger partial charge in [-0.05, 0) is 24.5 Å². The van der Waals surface area contributed by atoms with Crippen LogP contribution in [-0.4, -0.2) is 71.1 Å². The number of carbonyl (C=O) groups is 1. The molecular weight excluding hydrogens is 480 g/mol. The number of fused-ring (bicyclic) bond motifs is 1. The molecule has 1 aliphatic carbocycles. The standard InChI is InChI=1S/C12H14F2N6O.C6H10F2.C2H6O.CH3Cl/c13-11(14)9-6-19(12(21)18-9)4-7-1-10-17-8(2-15)5-20(10)16-3-7;7-6(8)4-2-1-3-5-6;1-3-2;1-2/h1,3,5,9,11H,2,4,6,15H2,(H,18,21);1-5H2;1-2H3;1H3. The SMILES string of the molecule is CCl.COC.FC1(F)CCCCC1.NCc1cn2ncc(CN3CC(C(F)F)NC3=O)cc2n1. The molecule has 3 heterocycles. The molecule has 8 nitrogen and oxygen atoms in total. The minimum absolute atomic E-state index is 0.0236. The summed E-state index contributed by atoms with van der Waals surface area (Å²) in [6, 6.07) is 0.144. The third kappa shape index (κ3) is 9.59. The molecule has 2 aromatic rings. The number of imidazole rings is 1. The Morgan fingerprint density at radius 2 is 1.88 bits per heavy atom. The van der Waals surface area contributed by atoms with Gasteiger partial charge < -0.3 is 20.7 Å². The first-order valence-corrected chi connectivity index (χ1v) is 11.5. The fourth-order valence-corrected chi connectivity index (χ4v) is 3.33. The van der Waals surface area contributed by atoms with E-state index < -0.39 is 24.4 Å². The summed E-state index contributed by atoms with van der Waals surface area (Å²) in [6.45, 7) is 0.497. The molecule has 1 unspecified atom stereocenters. The average Bonchev–Trinajstić information content (AvgIpc) is 3.39. The van der Waals surface area contributed by atoms with Crippen molar-refractivity contribution in [2.45, 2.75) is 63.6 Å². The number of alkyl halides is 5. The van der Waals surface area contributed by atoms with Crippen LogP contribution in [-0.2, 0) is 17.8 Å². The van der Waals surface area contributed by atoms with Gasteiger partial charge in [0.2, 0.25) is 5.92 Å². The lowest BCUT2D eigenvalue weighted by Crippen LogP contribution is -2.32. The lowest BCUT2D eigenvalue weighted by molar-refractivity contribution is -0.0337. The molecule has 1 aliphatic heterocycles. The number of hydrogen-bond acceptors (Lipinski definition) is 5. The normalized spacial score (nSPS) is 18.8. The van der Waals surface area contributed by atoms with Crippen LogP contribution in [0.25, 0.3) is 5.65 Å². The van der Waals surface area contributed by atoms with Crippen LogP contribution in [0.5, 0.6) is 0 Å². The number of urea groups is 1. The molecule has 0 aromatic carbocycles. The Labute approximate surface area is 201 Å². The summed E-state index contributed by atoms with van der Waals surface area (Å²) in [5, 5.41) is 6.42. The highest BCUT2D eigenvalue weighted by Crippen LogP contribution is 2.32. The average molecular weight is 513 g/mol. The van der Waals surface area contributed by atoms with Crippen LogP contribution in [0, 0.1) is 0 Å². The van der Waals surface area contributed by atoms with E-state index in [0.29, 0.717) is 30.7 Å². The van der Waals surface area contributed by atoms with Crippen molar-refractivity contribution in [2.24, 2.45) is 5.73 Å². The van der Waals surface area contributed by atoms with Crippen LogP contribution < -0.4 is 11.1 Å². The number of nitrogens with one attached hydrogen (secondary N) is 1. The Kier molecular flexibility index (Phi) is 13.1. The van der Waals surface area contributed by atoms with Gasteiger partial charge in [-0.2, -0.15) is 5.10 Å². The molecule has 13 heteroatoms. The zero-order valence-electron chi connectivity index (χ0n) is 19.6. The first-order chi connectivity index (χ1) is 16.2. The number of rotatable bonds is 4. The second-order valence-electron chi connectivity index (χ2n) is 7.70. The lowest BCUT2D eigenvalue weighted by Gasteiger charge is -2.20. The van der Waals surface area contributed by atoms with Crippen LogP contribution in [0.4, 0.5) is 22.4 Å². The Morgan fingerprint density at radius 1 is 1.26 bits per heavy atom. The van der Waals surface area contributed by atoms with E-state index in [9.17, 15) is 22.4 Å². The third-order valence-electron chi connectivity index (χ3n) is 4.91. The Balaban J connectivity index is 0.000000369. The maximum Gasteiger partial charge on any atom is 0.318 e. The highest BCUT2D eigenvalue weighted by Gasteiger charge is 2.34. The van der Waals surface area contributed by atoms with E-state index in [2.05, 4.69) is 31.7 Å². The van der Waals surface area contributed by atoms with E-state index in [0.717, 1.165) is 12.0 Å². The van der Waals surface area contributed by atoms with Crippen molar-refractivity contribution in [3.05, 3.63) is 29.7 Å². The van der Waals surface area contributed by atoms with Gasteiger partial charge in [0.25, 0.3) is 6.43 Å². The predicted octanol–water partition coefficient (Wildman–Crippen LogP) is 4.05. The lowest BCUT2D eigenvalue weighted by atomic mass is 9.97. The topological polar surface area (TPSA) is 97.8 Å². The summed E-state index contributed by atoms with van der Waals surface area (Å²) in [5.41, 5.74) is 7.55. The van der Waals surface area contributed by atoms with Crippen molar-refractivity contribution >= 4 is 23.3 Å². The minimum Gasteiger partial charge on any atom is -0.388 e. The van der Waals surface area contributed by atoms with Gasteiger partial charge in [0.05, 0.1) is 18.1 Å².